The van der Waals surface area contributed by atoms with Crippen molar-refractivity contribution >= 4 is 27.8 Å². The number of fused-ring (bicyclic) bond motifs is 2. The predicted molar refractivity (Wildman–Crippen MR) is 128 cm³/mol. The fourth-order valence-corrected chi connectivity index (χ4v) is 4.76. The number of benzene rings is 2. The molecule has 0 aliphatic heterocycles. The van der Waals surface area contributed by atoms with Crippen molar-refractivity contribution in [2.45, 2.75) is 26.7 Å². The number of aryl methyl sites for hydroxylation is 1. The van der Waals surface area contributed by atoms with Crippen molar-refractivity contribution in [1.29, 1.82) is 0 Å². The van der Waals surface area contributed by atoms with Gasteiger partial charge in [-0.15, -0.1) is 0 Å². The monoisotopic (exact) mass is 445 g/mol. The highest BCUT2D eigenvalue weighted by molar-refractivity contribution is 6.07. The number of aromatic amines is 3. The topological polar surface area (TPSA) is 93.9 Å². The highest BCUT2D eigenvalue weighted by atomic mass is 19.1. The molecule has 3 aromatic heterocycles. The molecular formula is C26H24FN3O3. The molecular weight excluding hydrogens is 421 g/mol. The standard InChI is InChI=1S/C26H24FN3O3/c1-12(2)22-23(18-10-15(33-4)11-21-17(18)7-13(3)29-21)25(26(31)32)30-24(22)19-8-14(27)9-20-16(19)5-6-28-20/h5-12,28-30H,1-4H3,(H,31,32). The normalized spacial score (nSPS) is 11.7. The minimum absolute atomic E-state index is 0.0436. The van der Waals surface area contributed by atoms with Crippen LogP contribution in [0, 0.1) is 12.7 Å². The van der Waals surface area contributed by atoms with E-state index in [9.17, 15) is 14.3 Å². The van der Waals surface area contributed by atoms with Gasteiger partial charge in [-0.1, -0.05) is 13.8 Å². The van der Waals surface area contributed by atoms with E-state index in [2.05, 4.69) is 15.0 Å². The van der Waals surface area contributed by atoms with Gasteiger partial charge in [0.15, 0.2) is 0 Å². The van der Waals surface area contributed by atoms with Crippen molar-refractivity contribution < 1.29 is 19.0 Å². The Morgan fingerprint density at radius 1 is 1.03 bits per heavy atom. The van der Waals surface area contributed by atoms with E-state index in [4.69, 9.17) is 4.74 Å². The summed E-state index contributed by atoms with van der Waals surface area (Å²) in [5.74, 6) is -0.902. The van der Waals surface area contributed by atoms with E-state index >= 15 is 0 Å². The van der Waals surface area contributed by atoms with Crippen LogP contribution >= 0.6 is 0 Å². The van der Waals surface area contributed by atoms with Crippen LogP contribution in [0.25, 0.3) is 44.2 Å². The zero-order chi connectivity index (χ0) is 23.4. The maximum atomic E-state index is 14.5. The molecule has 0 unspecified atom stereocenters. The summed E-state index contributed by atoms with van der Waals surface area (Å²) in [5, 5.41) is 11.9. The summed E-state index contributed by atoms with van der Waals surface area (Å²) in [6.45, 7) is 5.97. The van der Waals surface area contributed by atoms with Crippen molar-refractivity contribution in [3.05, 3.63) is 65.4 Å². The number of carboxylic acids is 1. The molecule has 0 atom stereocenters. The Labute approximate surface area is 189 Å². The molecule has 0 amide bonds. The van der Waals surface area contributed by atoms with E-state index in [1.807, 2.05) is 45.0 Å². The first-order chi connectivity index (χ1) is 15.8. The van der Waals surface area contributed by atoms with Crippen LogP contribution in [0.5, 0.6) is 5.75 Å². The van der Waals surface area contributed by atoms with Crippen molar-refractivity contribution in [3.8, 4) is 28.1 Å². The van der Waals surface area contributed by atoms with Gasteiger partial charge in [0, 0.05) is 50.9 Å². The summed E-state index contributed by atoms with van der Waals surface area (Å²) in [5.41, 5.74) is 5.90. The lowest BCUT2D eigenvalue weighted by atomic mass is 9.89. The van der Waals surface area contributed by atoms with Crippen LogP contribution in [-0.2, 0) is 0 Å². The van der Waals surface area contributed by atoms with E-state index in [1.165, 1.54) is 12.1 Å². The van der Waals surface area contributed by atoms with Gasteiger partial charge in [0.25, 0.3) is 0 Å². The number of carbonyl (C=O) groups is 1. The zero-order valence-corrected chi connectivity index (χ0v) is 18.8. The van der Waals surface area contributed by atoms with Gasteiger partial charge in [0.05, 0.1) is 12.8 Å². The minimum atomic E-state index is -1.08. The number of hydrogen-bond acceptors (Lipinski definition) is 2. The second kappa shape index (κ2) is 7.55. The average Bonchev–Trinajstić information content (AvgIpc) is 3.47. The third-order valence-corrected chi connectivity index (χ3v) is 6.08. The third kappa shape index (κ3) is 3.28. The molecule has 5 aromatic rings. The summed E-state index contributed by atoms with van der Waals surface area (Å²) in [6, 6.07) is 10.5. The van der Waals surface area contributed by atoms with Crippen molar-refractivity contribution in [1.82, 2.24) is 15.0 Å². The van der Waals surface area contributed by atoms with Crippen LogP contribution in [0.2, 0.25) is 0 Å². The Morgan fingerprint density at radius 2 is 1.82 bits per heavy atom. The number of methoxy groups -OCH3 is 1. The first-order valence-electron chi connectivity index (χ1n) is 10.7. The molecule has 33 heavy (non-hydrogen) atoms. The van der Waals surface area contributed by atoms with Gasteiger partial charge < -0.3 is 24.8 Å². The first kappa shape index (κ1) is 20.9. The van der Waals surface area contributed by atoms with E-state index in [0.29, 0.717) is 28.1 Å². The molecule has 0 spiro atoms. The fourth-order valence-electron chi connectivity index (χ4n) is 4.76. The van der Waals surface area contributed by atoms with Gasteiger partial charge in [0.1, 0.15) is 17.3 Å². The lowest BCUT2D eigenvalue weighted by Crippen LogP contribution is -2.00. The zero-order valence-electron chi connectivity index (χ0n) is 18.8. The maximum absolute atomic E-state index is 14.5. The highest BCUT2D eigenvalue weighted by Crippen LogP contribution is 2.45. The molecule has 3 heterocycles. The number of ether oxygens (including phenoxy) is 1. The van der Waals surface area contributed by atoms with Crippen molar-refractivity contribution in [2.24, 2.45) is 0 Å². The molecule has 0 aliphatic rings. The fraction of sp³-hybridized carbons (Fsp3) is 0.192. The molecule has 4 N–H and O–H groups in total. The van der Waals surface area contributed by atoms with E-state index in [-0.39, 0.29) is 11.6 Å². The van der Waals surface area contributed by atoms with Gasteiger partial charge in [-0.2, -0.15) is 0 Å². The second-order valence-corrected chi connectivity index (χ2v) is 8.60. The molecule has 2 aromatic carbocycles. The number of aromatic carboxylic acids is 1. The molecule has 5 rings (SSSR count). The molecule has 0 radical (unpaired) electrons. The average molecular weight is 445 g/mol. The summed E-state index contributed by atoms with van der Waals surface area (Å²) in [4.78, 5) is 21.9. The van der Waals surface area contributed by atoms with Gasteiger partial charge in [0.2, 0.25) is 0 Å². The van der Waals surface area contributed by atoms with Crippen LogP contribution in [0.4, 0.5) is 4.39 Å². The van der Waals surface area contributed by atoms with E-state index < -0.39 is 11.8 Å². The molecule has 7 heteroatoms. The lowest BCUT2D eigenvalue weighted by molar-refractivity contribution is 0.0692. The first-order valence-corrected chi connectivity index (χ1v) is 10.7. The largest absolute Gasteiger partial charge is 0.497 e. The highest BCUT2D eigenvalue weighted by Gasteiger charge is 2.28. The molecule has 0 fully saturated rings. The molecule has 168 valence electrons. The molecule has 0 aliphatic carbocycles. The van der Waals surface area contributed by atoms with Crippen LogP contribution in [-0.4, -0.2) is 33.1 Å². The minimum Gasteiger partial charge on any atom is -0.497 e. The summed E-state index contributed by atoms with van der Waals surface area (Å²) in [7, 11) is 1.58. The van der Waals surface area contributed by atoms with Gasteiger partial charge in [-0.25, -0.2) is 9.18 Å². The number of rotatable bonds is 5. The Morgan fingerprint density at radius 3 is 2.52 bits per heavy atom. The van der Waals surface area contributed by atoms with Gasteiger partial charge in [-0.3, -0.25) is 0 Å². The summed E-state index contributed by atoms with van der Waals surface area (Å²) < 4.78 is 20.0. The van der Waals surface area contributed by atoms with E-state index in [0.717, 1.165) is 33.1 Å². The Bertz CT molecular complexity index is 1540. The van der Waals surface area contributed by atoms with Gasteiger partial charge in [-0.05, 0) is 54.3 Å². The SMILES string of the molecule is COc1cc(-c2c(C(=O)O)[nH]c(-c3cc(F)cc4[nH]ccc34)c2C(C)C)c2cc(C)[nH]c2c1. The summed E-state index contributed by atoms with van der Waals surface area (Å²) in [6.07, 6.45) is 1.75. The van der Waals surface area contributed by atoms with E-state index in [1.54, 1.807) is 13.3 Å². The molecule has 0 saturated heterocycles. The quantitative estimate of drug-likeness (QED) is 0.246. The second-order valence-electron chi connectivity index (χ2n) is 8.60. The Balaban J connectivity index is 1.92. The summed E-state index contributed by atoms with van der Waals surface area (Å²) >= 11 is 0. The lowest BCUT2D eigenvalue weighted by Gasteiger charge is -2.14. The predicted octanol–water partition coefficient (Wildman–Crippen LogP) is 6.59. The van der Waals surface area contributed by atoms with Crippen LogP contribution in [0.1, 0.15) is 41.5 Å². The van der Waals surface area contributed by atoms with Crippen LogP contribution in [0.15, 0.2) is 42.6 Å². The number of hydrogen-bond donors (Lipinski definition) is 4. The molecule has 0 bridgehead atoms. The smallest absolute Gasteiger partial charge is 0.352 e. The van der Waals surface area contributed by atoms with Crippen molar-refractivity contribution in [3.63, 3.8) is 0 Å². The number of halogens is 1. The van der Waals surface area contributed by atoms with Gasteiger partial charge >= 0.3 is 5.97 Å². The Kier molecular flexibility index (Phi) is 4.78. The maximum Gasteiger partial charge on any atom is 0.352 e. The van der Waals surface area contributed by atoms with Crippen molar-refractivity contribution in [2.75, 3.05) is 7.11 Å². The number of H-pyrrole nitrogens is 3. The number of carboxylic acid groups (broad SMARTS) is 1. The van der Waals surface area contributed by atoms with Crippen LogP contribution in [0.3, 0.4) is 0 Å². The third-order valence-electron chi connectivity index (χ3n) is 6.08. The number of nitrogens with one attached hydrogen (secondary N) is 3. The Hall–Kier alpha value is -4.00. The van der Waals surface area contributed by atoms with Crippen LogP contribution < -0.4 is 4.74 Å². The number of aromatic nitrogens is 3. The molecule has 0 saturated carbocycles. The molecule has 6 nitrogen and oxygen atoms in total.